The van der Waals surface area contributed by atoms with E-state index >= 15 is 0 Å². The van der Waals surface area contributed by atoms with E-state index in [1.165, 1.54) is 7.11 Å². The van der Waals surface area contributed by atoms with E-state index in [4.69, 9.17) is 4.74 Å². The van der Waals surface area contributed by atoms with Crippen LogP contribution in [0.2, 0.25) is 0 Å². The van der Waals surface area contributed by atoms with E-state index in [1.807, 2.05) is 24.3 Å². The number of halogens is 1. The lowest BCUT2D eigenvalue weighted by molar-refractivity contribution is -0.142. The van der Waals surface area contributed by atoms with E-state index in [0.29, 0.717) is 12.5 Å². The van der Waals surface area contributed by atoms with Crippen molar-refractivity contribution in [2.75, 3.05) is 13.7 Å². The SMILES string of the molecule is COC(=O)[C@@H]1C[C@H]1COc1ccc(Br)cc1. The van der Waals surface area contributed by atoms with Gasteiger partial charge >= 0.3 is 5.97 Å². The molecular weight excluding hydrogens is 272 g/mol. The number of esters is 1. The van der Waals surface area contributed by atoms with E-state index in [-0.39, 0.29) is 11.9 Å². The molecule has 0 unspecified atom stereocenters. The number of hydrogen-bond donors (Lipinski definition) is 0. The van der Waals surface area contributed by atoms with Gasteiger partial charge in [-0.3, -0.25) is 4.79 Å². The number of rotatable bonds is 4. The Morgan fingerprint density at radius 2 is 2.12 bits per heavy atom. The second-order valence-corrected chi connectivity index (χ2v) is 4.81. The molecule has 86 valence electrons. The maximum absolute atomic E-state index is 11.2. The minimum Gasteiger partial charge on any atom is -0.493 e. The molecule has 0 heterocycles. The van der Waals surface area contributed by atoms with Crippen molar-refractivity contribution in [3.63, 3.8) is 0 Å². The minimum atomic E-state index is -0.121. The maximum Gasteiger partial charge on any atom is 0.309 e. The lowest BCUT2D eigenvalue weighted by Gasteiger charge is -2.05. The number of methoxy groups -OCH3 is 1. The Morgan fingerprint density at radius 1 is 1.44 bits per heavy atom. The van der Waals surface area contributed by atoms with Crippen molar-refractivity contribution in [3.8, 4) is 5.75 Å². The second-order valence-electron chi connectivity index (χ2n) is 3.89. The summed E-state index contributed by atoms with van der Waals surface area (Å²) < 4.78 is 11.3. The highest BCUT2D eigenvalue weighted by molar-refractivity contribution is 9.10. The first kappa shape index (κ1) is 11.5. The Hall–Kier alpha value is -1.03. The van der Waals surface area contributed by atoms with Gasteiger partial charge in [0, 0.05) is 10.4 Å². The lowest BCUT2D eigenvalue weighted by Crippen LogP contribution is -2.08. The highest BCUT2D eigenvalue weighted by Crippen LogP contribution is 2.39. The summed E-state index contributed by atoms with van der Waals surface area (Å²) in [6, 6.07) is 7.67. The normalized spacial score (nSPS) is 22.6. The second kappa shape index (κ2) is 4.87. The highest BCUT2D eigenvalue weighted by atomic mass is 79.9. The van der Waals surface area contributed by atoms with Crippen molar-refractivity contribution in [3.05, 3.63) is 28.7 Å². The van der Waals surface area contributed by atoms with Gasteiger partial charge in [-0.1, -0.05) is 15.9 Å². The van der Waals surface area contributed by atoms with Crippen molar-refractivity contribution < 1.29 is 14.3 Å². The van der Waals surface area contributed by atoms with Crippen molar-refractivity contribution in [2.45, 2.75) is 6.42 Å². The molecule has 0 amide bonds. The Balaban J connectivity index is 1.77. The summed E-state index contributed by atoms with van der Waals surface area (Å²) >= 11 is 3.36. The molecule has 1 aliphatic rings. The van der Waals surface area contributed by atoms with Crippen LogP contribution in [-0.2, 0) is 9.53 Å². The summed E-state index contributed by atoms with van der Waals surface area (Å²) in [7, 11) is 1.42. The molecule has 2 atom stereocenters. The molecule has 0 saturated heterocycles. The summed E-state index contributed by atoms with van der Waals surface area (Å²) in [5.41, 5.74) is 0. The van der Waals surface area contributed by atoms with Crippen LogP contribution in [0.5, 0.6) is 5.75 Å². The van der Waals surface area contributed by atoms with Gasteiger partial charge in [-0.05, 0) is 30.7 Å². The third kappa shape index (κ3) is 2.76. The molecule has 0 N–H and O–H groups in total. The Labute approximate surface area is 103 Å². The van der Waals surface area contributed by atoms with E-state index in [0.717, 1.165) is 16.6 Å². The van der Waals surface area contributed by atoms with Crippen LogP contribution in [0, 0.1) is 11.8 Å². The van der Waals surface area contributed by atoms with Crippen LogP contribution < -0.4 is 4.74 Å². The smallest absolute Gasteiger partial charge is 0.309 e. The Kier molecular flexibility index (Phi) is 3.49. The third-order valence-electron chi connectivity index (χ3n) is 2.70. The molecule has 1 aromatic carbocycles. The van der Waals surface area contributed by atoms with E-state index in [2.05, 4.69) is 20.7 Å². The van der Waals surface area contributed by atoms with Crippen molar-refractivity contribution >= 4 is 21.9 Å². The largest absolute Gasteiger partial charge is 0.493 e. The van der Waals surface area contributed by atoms with Gasteiger partial charge in [-0.2, -0.15) is 0 Å². The summed E-state index contributed by atoms with van der Waals surface area (Å²) in [6.45, 7) is 0.585. The van der Waals surface area contributed by atoms with E-state index in [9.17, 15) is 4.79 Å². The standard InChI is InChI=1S/C12H13BrO3/c1-15-12(14)11-6-8(11)7-16-10-4-2-9(13)3-5-10/h2-5,8,11H,6-7H2,1H3/t8-,11+/m0/s1. The fourth-order valence-corrected chi connectivity index (χ4v) is 1.87. The number of ether oxygens (including phenoxy) is 2. The number of benzene rings is 1. The minimum absolute atomic E-state index is 0.0421. The first-order chi connectivity index (χ1) is 7.70. The Bertz CT molecular complexity index is 374. The van der Waals surface area contributed by atoms with Crippen LogP contribution in [-0.4, -0.2) is 19.7 Å². The molecule has 1 aromatic rings. The van der Waals surface area contributed by atoms with Crippen LogP contribution in [0.1, 0.15) is 6.42 Å². The topological polar surface area (TPSA) is 35.5 Å². The zero-order valence-corrected chi connectivity index (χ0v) is 10.6. The molecule has 3 nitrogen and oxygen atoms in total. The average Bonchev–Trinajstić information content (AvgIpc) is 3.07. The molecule has 0 radical (unpaired) electrons. The van der Waals surface area contributed by atoms with E-state index < -0.39 is 0 Å². The van der Waals surface area contributed by atoms with Crippen molar-refractivity contribution in [1.29, 1.82) is 0 Å². The predicted molar refractivity (Wildman–Crippen MR) is 63.3 cm³/mol. The predicted octanol–water partition coefficient (Wildman–Crippen LogP) is 2.64. The van der Waals surface area contributed by atoms with Gasteiger partial charge in [0.1, 0.15) is 5.75 Å². The fraction of sp³-hybridized carbons (Fsp3) is 0.417. The van der Waals surface area contributed by atoms with Crippen LogP contribution in [0.15, 0.2) is 28.7 Å². The average molecular weight is 285 g/mol. The molecule has 2 rings (SSSR count). The van der Waals surface area contributed by atoms with Crippen molar-refractivity contribution in [2.24, 2.45) is 11.8 Å². The fourth-order valence-electron chi connectivity index (χ4n) is 1.61. The molecule has 1 aliphatic carbocycles. The lowest BCUT2D eigenvalue weighted by atomic mass is 10.3. The zero-order valence-electron chi connectivity index (χ0n) is 8.98. The van der Waals surface area contributed by atoms with Crippen molar-refractivity contribution in [1.82, 2.24) is 0 Å². The molecule has 0 aliphatic heterocycles. The number of carbonyl (C=O) groups is 1. The first-order valence-corrected chi connectivity index (χ1v) is 5.96. The molecule has 0 bridgehead atoms. The van der Waals surface area contributed by atoms with Gasteiger partial charge in [0.05, 0.1) is 19.6 Å². The van der Waals surface area contributed by atoms with Crippen LogP contribution in [0.3, 0.4) is 0 Å². The van der Waals surface area contributed by atoms with Crippen LogP contribution >= 0.6 is 15.9 Å². The zero-order chi connectivity index (χ0) is 11.5. The van der Waals surface area contributed by atoms with Gasteiger partial charge in [-0.25, -0.2) is 0 Å². The molecule has 0 spiro atoms. The quantitative estimate of drug-likeness (QED) is 0.798. The third-order valence-corrected chi connectivity index (χ3v) is 3.23. The van der Waals surface area contributed by atoms with Crippen LogP contribution in [0.25, 0.3) is 0 Å². The molecule has 1 fully saturated rings. The van der Waals surface area contributed by atoms with Gasteiger partial charge in [-0.15, -0.1) is 0 Å². The Morgan fingerprint density at radius 3 is 2.75 bits per heavy atom. The molecular formula is C12H13BrO3. The van der Waals surface area contributed by atoms with E-state index in [1.54, 1.807) is 0 Å². The molecule has 16 heavy (non-hydrogen) atoms. The summed E-state index contributed by atoms with van der Waals surface area (Å²) in [4.78, 5) is 11.2. The molecule has 4 heteroatoms. The monoisotopic (exact) mass is 284 g/mol. The molecule has 1 saturated carbocycles. The summed E-state index contributed by atoms with van der Waals surface area (Å²) in [5.74, 6) is 1.07. The molecule has 0 aromatic heterocycles. The van der Waals surface area contributed by atoms with Gasteiger partial charge in [0.15, 0.2) is 0 Å². The summed E-state index contributed by atoms with van der Waals surface area (Å²) in [6.07, 6.45) is 0.878. The summed E-state index contributed by atoms with van der Waals surface area (Å²) in [5, 5.41) is 0. The highest BCUT2D eigenvalue weighted by Gasteiger charge is 2.44. The van der Waals surface area contributed by atoms with Gasteiger partial charge in [0.2, 0.25) is 0 Å². The van der Waals surface area contributed by atoms with Gasteiger partial charge < -0.3 is 9.47 Å². The van der Waals surface area contributed by atoms with Gasteiger partial charge in [0.25, 0.3) is 0 Å². The number of hydrogen-bond acceptors (Lipinski definition) is 3. The van der Waals surface area contributed by atoms with Crippen LogP contribution in [0.4, 0.5) is 0 Å². The first-order valence-electron chi connectivity index (χ1n) is 5.17. The maximum atomic E-state index is 11.2. The number of carbonyl (C=O) groups excluding carboxylic acids is 1.